The molecule has 3 heteroatoms. The van der Waals surface area contributed by atoms with Crippen molar-refractivity contribution in [3.63, 3.8) is 0 Å². The summed E-state index contributed by atoms with van der Waals surface area (Å²) in [6.07, 6.45) is 1.11. The van der Waals surface area contributed by atoms with Crippen molar-refractivity contribution in [1.82, 2.24) is 4.90 Å². The summed E-state index contributed by atoms with van der Waals surface area (Å²) in [5.41, 5.74) is 7.37. The highest BCUT2D eigenvalue weighted by molar-refractivity contribution is 5.27. The molecule has 1 aliphatic heterocycles. The van der Waals surface area contributed by atoms with Gasteiger partial charge in [0.05, 0.1) is 7.11 Å². The third-order valence-corrected chi connectivity index (χ3v) is 3.62. The van der Waals surface area contributed by atoms with Crippen LogP contribution in [0.4, 0.5) is 0 Å². The van der Waals surface area contributed by atoms with Gasteiger partial charge < -0.3 is 10.5 Å². The van der Waals surface area contributed by atoms with Crippen molar-refractivity contribution in [2.24, 2.45) is 11.7 Å². The molecule has 1 fully saturated rings. The summed E-state index contributed by atoms with van der Waals surface area (Å²) >= 11 is 0. The van der Waals surface area contributed by atoms with E-state index in [1.54, 1.807) is 7.11 Å². The number of rotatable bonds is 3. The predicted octanol–water partition coefficient (Wildman–Crippen LogP) is 1.86. The largest absolute Gasteiger partial charge is 0.497 e. The minimum absolute atomic E-state index is 0.377. The average Bonchev–Trinajstić information content (AvgIpc) is 2.35. The molecule has 0 radical (unpaired) electrons. The first-order chi connectivity index (χ1) is 8.19. The van der Waals surface area contributed by atoms with Gasteiger partial charge in [-0.1, -0.05) is 19.1 Å². The summed E-state index contributed by atoms with van der Waals surface area (Å²) in [4.78, 5) is 2.48. The van der Waals surface area contributed by atoms with Crippen LogP contribution < -0.4 is 10.5 Å². The molecule has 1 aromatic rings. The number of nitrogens with zero attached hydrogens (tertiary/aromatic N) is 1. The van der Waals surface area contributed by atoms with Crippen LogP contribution in [-0.4, -0.2) is 31.1 Å². The first-order valence-electron chi connectivity index (χ1n) is 6.30. The van der Waals surface area contributed by atoms with Gasteiger partial charge in [-0.05, 0) is 36.6 Å². The fourth-order valence-corrected chi connectivity index (χ4v) is 2.38. The van der Waals surface area contributed by atoms with Gasteiger partial charge in [0.2, 0.25) is 0 Å². The second-order valence-electron chi connectivity index (χ2n) is 5.01. The molecule has 0 saturated carbocycles. The Balaban J connectivity index is 1.92. The quantitative estimate of drug-likeness (QED) is 0.867. The third-order valence-electron chi connectivity index (χ3n) is 3.62. The van der Waals surface area contributed by atoms with E-state index in [1.807, 2.05) is 12.1 Å². The van der Waals surface area contributed by atoms with Crippen molar-refractivity contribution < 1.29 is 4.74 Å². The maximum absolute atomic E-state index is 6.03. The minimum Gasteiger partial charge on any atom is -0.497 e. The maximum atomic E-state index is 6.03. The number of ether oxygens (including phenoxy) is 1. The van der Waals surface area contributed by atoms with Crippen molar-refractivity contribution in [1.29, 1.82) is 0 Å². The van der Waals surface area contributed by atoms with Crippen molar-refractivity contribution in [2.45, 2.75) is 25.9 Å². The fourth-order valence-electron chi connectivity index (χ4n) is 2.38. The van der Waals surface area contributed by atoms with E-state index >= 15 is 0 Å². The van der Waals surface area contributed by atoms with E-state index in [4.69, 9.17) is 10.5 Å². The number of nitrogens with two attached hydrogens (primary N) is 1. The van der Waals surface area contributed by atoms with Crippen LogP contribution in [0.25, 0.3) is 0 Å². The SMILES string of the molecule is COc1ccc(CN2CCC(N)C(C)C2)cc1. The van der Waals surface area contributed by atoms with Gasteiger partial charge in [0, 0.05) is 19.1 Å². The molecule has 94 valence electrons. The Hall–Kier alpha value is -1.06. The van der Waals surface area contributed by atoms with Crippen molar-refractivity contribution in [3.8, 4) is 5.75 Å². The minimum atomic E-state index is 0.377. The Morgan fingerprint density at radius 2 is 2.06 bits per heavy atom. The number of likely N-dealkylation sites (tertiary alicyclic amines) is 1. The van der Waals surface area contributed by atoms with E-state index in [2.05, 4.69) is 24.0 Å². The maximum Gasteiger partial charge on any atom is 0.118 e. The lowest BCUT2D eigenvalue weighted by atomic mass is 9.94. The summed E-state index contributed by atoms with van der Waals surface area (Å²) in [6, 6.07) is 8.70. The van der Waals surface area contributed by atoms with Crippen LogP contribution in [0.3, 0.4) is 0 Å². The lowest BCUT2D eigenvalue weighted by Crippen LogP contribution is -2.45. The monoisotopic (exact) mass is 234 g/mol. The van der Waals surface area contributed by atoms with E-state index < -0.39 is 0 Å². The molecule has 1 heterocycles. The first-order valence-corrected chi connectivity index (χ1v) is 6.30. The topological polar surface area (TPSA) is 38.5 Å². The van der Waals surface area contributed by atoms with Crippen LogP contribution >= 0.6 is 0 Å². The lowest BCUT2D eigenvalue weighted by Gasteiger charge is -2.35. The summed E-state index contributed by atoms with van der Waals surface area (Å²) in [7, 11) is 1.70. The van der Waals surface area contributed by atoms with E-state index in [-0.39, 0.29) is 0 Å². The lowest BCUT2D eigenvalue weighted by molar-refractivity contribution is 0.158. The highest BCUT2D eigenvalue weighted by atomic mass is 16.5. The average molecular weight is 234 g/mol. The molecule has 0 spiro atoms. The van der Waals surface area contributed by atoms with Crippen molar-refractivity contribution in [3.05, 3.63) is 29.8 Å². The van der Waals surface area contributed by atoms with Gasteiger partial charge in [0.1, 0.15) is 5.75 Å². The molecule has 2 rings (SSSR count). The molecular weight excluding hydrogens is 212 g/mol. The molecule has 3 nitrogen and oxygen atoms in total. The van der Waals surface area contributed by atoms with Crippen LogP contribution in [0, 0.1) is 5.92 Å². The first kappa shape index (κ1) is 12.4. The van der Waals surface area contributed by atoms with Gasteiger partial charge in [-0.2, -0.15) is 0 Å². The normalized spacial score (nSPS) is 25.8. The standard InChI is InChI=1S/C14H22N2O/c1-11-9-16(8-7-14(11)15)10-12-3-5-13(17-2)6-4-12/h3-6,11,14H,7-10,15H2,1-2H3. The zero-order valence-corrected chi connectivity index (χ0v) is 10.7. The Labute approximate surface area is 104 Å². The Kier molecular flexibility index (Phi) is 4.02. The summed E-state index contributed by atoms with van der Waals surface area (Å²) < 4.78 is 5.16. The third kappa shape index (κ3) is 3.20. The second kappa shape index (κ2) is 5.52. The molecule has 0 aromatic heterocycles. The van der Waals surface area contributed by atoms with Gasteiger partial charge in [-0.15, -0.1) is 0 Å². The van der Waals surface area contributed by atoms with E-state index in [1.165, 1.54) is 5.56 Å². The number of methoxy groups -OCH3 is 1. The van der Waals surface area contributed by atoms with Crippen LogP contribution in [0.1, 0.15) is 18.9 Å². The van der Waals surface area contributed by atoms with Gasteiger partial charge in [-0.25, -0.2) is 0 Å². The van der Waals surface area contributed by atoms with Crippen molar-refractivity contribution in [2.75, 3.05) is 20.2 Å². The van der Waals surface area contributed by atoms with Gasteiger partial charge in [0.25, 0.3) is 0 Å². The van der Waals surface area contributed by atoms with Crippen LogP contribution in [0.2, 0.25) is 0 Å². The number of benzene rings is 1. The molecule has 1 aromatic carbocycles. The zero-order valence-electron chi connectivity index (χ0n) is 10.7. The molecule has 1 saturated heterocycles. The zero-order chi connectivity index (χ0) is 12.3. The van der Waals surface area contributed by atoms with Crippen LogP contribution in [0.15, 0.2) is 24.3 Å². The van der Waals surface area contributed by atoms with Gasteiger partial charge in [0.15, 0.2) is 0 Å². The molecule has 0 amide bonds. The fraction of sp³-hybridized carbons (Fsp3) is 0.571. The smallest absolute Gasteiger partial charge is 0.118 e. The number of hydrogen-bond donors (Lipinski definition) is 1. The highest BCUT2D eigenvalue weighted by Gasteiger charge is 2.22. The Morgan fingerprint density at radius 1 is 1.35 bits per heavy atom. The highest BCUT2D eigenvalue weighted by Crippen LogP contribution is 2.18. The molecular formula is C14H22N2O. The number of piperidine rings is 1. The molecule has 0 aliphatic carbocycles. The van der Waals surface area contributed by atoms with Crippen LogP contribution in [-0.2, 0) is 6.54 Å². The molecule has 2 atom stereocenters. The van der Waals surface area contributed by atoms with Crippen LogP contribution in [0.5, 0.6) is 5.75 Å². The summed E-state index contributed by atoms with van der Waals surface area (Å²) in [6.45, 7) is 5.47. The van der Waals surface area contributed by atoms with E-state index in [0.717, 1.165) is 31.8 Å². The molecule has 0 bridgehead atoms. The summed E-state index contributed by atoms with van der Waals surface area (Å²) in [5, 5.41) is 0. The van der Waals surface area contributed by atoms with Gasteiger partial charge >= 0.3 is 0 Å². The molecule has 17 heavy (non-hydrogen) atoms. The molecule has 2 N–H and O–H groups in total. The predicted molar refractivity (Wildman–Crippen MR) is 70.0 cm³/mol. The van der Waals surface area contributed by atoms with E-state index in [9.17, 15) is 0 Å². The summed E-state index contributed by atoms with van der Waals surface area (Å²) in [5.74, 6) is 1.52. The van der Waals surface area contributed by atoms with Crippen molar-refractivity contribution >= 4 is 0 Å². The Bertz CT molecular complexity index is 350. The van der Waals surface area contributed by atoms with Gasteiger partial charge in [-0.3, -0.25) is 4.90 Å². The second-order valence-corrected chi connectivity index (χ2v) is 5.01. The van der Waals surface area contributed by atoms with E-state index in [0.29, 0.717) is 12.0 Å². The Morgan fingerprint density at radius 3 is 2.65 bits per heavy atom. The number of hydrogen-bond acceptors (Lipinski definition) is 3. The molecule has 2 unspecified atom stereocenters. The molecule has 1 aliphatic rings.